The van der Waals surface area contributed by atoms with Crippen LogP contribution in [-0.4, -0.2) is 58.7 Å². The number of rotatable bonds is 4. The average molecular weight is 175 g/mol. The van der Waals surface area contributed by atoms with E-state index in [-0.39, 0.29) is 19.3 Å². The van der Waals surface area contributed by atoms with Crippen molar-refractivity contribution in [1.82, 2.24) is 4.90 Å². The lowest BCUT2D eigenvalue weighted by Crippen LogP contribution is -2.39. The normalized spacial score (nSPS) is 27.8. The van der Waals surface area contributed by atoms with Gasteiger partial charge in [-0.15, -0.1) is 0 Å². The monoisotopic (exact) mass is 175 g/mol. The zero-order valence-electron chi connectivity index (χ0n) is 7.19. The minimum Gasteiger partial charge on any atom is -0.395 e. The second kappa shape index (κ2) is 4.77. The summed E-state index contributed by atoms with van der Waals surface area (Å²) in [5.41, 5.74) is 0. The fraction of sp³-hybridized carbons (Fsp3) is 1.00. The Morgan fingerprint density at radius 2 is 2.17 bits per heavy atom. The van der Waals surface area contributed by atoms with E-state index in [9.17, 15) is 0 Å². The van der Waals surface area contributed by atoms with Crippen molar-refractivity contribution >= 4 is 0 Å². The summed E-state index contributed by atoms with van der Waals surface area (Å²) >= 11 is 0. The molecule has 12 heavy (non-hydrogen) atoms. The number of hydrogen-bond acceptors (Lipinski definition) is 4. The second-order valence-corrected chi connectivity index (χ2v) is 3.31. The van der Waals surface area contributed by atoms with Crippen LogP contribution >= 0.6 is 0 Å². The standard InChI is InChI=1S/C8H17NO3/c10-5-7-2-1-3-9(7)4-8(12)6-11/h7-8,10-12H,1-6H2. The third-order valence-electron chi connectivity index (χ3n) is 2.37. The first-order valence-electron chi connectivity index (χ1n) is 4.41. The van der Waals surface area contributed by atoms with E-state index in [1.165, 1.54) is 0 Å². The van der Waals surface area contributed by atoms with Gasteiger partial charge in [-0.05, 0) is 19.4 Å². The van der Waals surface area contributed by atoms with Gasteiger partial charge in [-0.3, -0.25) is 4.90 Å². The van der Waals surface area contributed by atoms with Gasteiger partial charge >= 0.3 is 0 Å². The number of likely N-dealkylation sites (tertiary alicyclic amines) is 1. The van der Waals surface area contributed by atoms with Gasteiger partial charge in [0, 0.05) is 12.6 Å². The van der Waals surface area contributed by atoms with Gasteiger partial charge in [0.05, 0.1) is 19.3 Å². The molecule has 0 amide bonds. The molecular weight excluding hydrogens is 158 g/mol. The van der Waals surface area contributed by atoms with E-state index < -0.39 is 6.10 Å². The molecule has 1 saturated heterocycles. The van der Waals surface area contributed by atoms with Gasteiger partial charge in [-0.2, -0.15) is 0 Å². The maximum absolute atomic E-state index is 9.16. The van der Waals surface area contributed by atoms with Gasteiger partial charge in [0.1, 0.15) is 0 Å². The molecule has 3 N–H and O–H groups in total. The van der Waals surface area contributed by atoms with Crippen molar-refractivity contribution in [1.29, 1.82) is 0 Å². The van der Waals surface area contributed by atoms with Gasteiger partial charge in [-0.25, -0.2) is 0 Å². The largest absolute Gasteiger partial charge is 0.395 e. The van der Waals surface area contributed by atoms with E-state index >= 15 is 0 Å². The lowest BCUT2D eigenvalue weighted by atomic mass is 10.2. The molecule has 1 fully saturated rings. The van der Waals surface area contributed by atoms with Crippen molar-refractivity contribution in [2.24, 2.45) is 0 Å². The molecule has 72 valence electrons. The Hall–Kier alpha value is -0.160. The summed E-state index contributed by atoms with van der Waals surface area (Å²) in [7, 11) is 0. The number of nitrogens with zero attached hydrogens (tertiary/aromatic N) is 1. The SMILES string of the molecule is OCC(O)CN1CCCC1CO. The highest BCUT2D eigenvalue weighted by atomic mass is 16.3. The number of hydrogen-bond donors (Lipinski definition) is 3. The summed E-state index contributed by atoms with van der Waals surface area (Å²) < 4.78 is 0. The Labute approximate surface area is 72.4 Å². The quantitative estimate of drug-likeness (QED) is 0.502. The molecule has 1 aliphatic heterocycles. The molecular formula is C8H17NO3. The van der Waals surface area contributed by atoms with Gasteiger partial charge in [0.25, 0.3) is 0 Å². The molecule has 0 aromatic carbocycles. The number of β-amino-alcohol motifs (C(OH)–C–C–N with tert-alkyl or cyclic N) is 1. The number of aliphatic hydroxyl groups excluding tert-OH is 3. The Kier molecular flexibility index (Phi) is 3.94. The van der Waals surface area contributed by atoms with Crippen LogP contribution in [0.25, 0.3) is 0 Å². The summed E-state index contributed by atoms with van der Waals surface area (Å²) in [6, 6.07) is 0.186. The van der Waals surface area contributed by atoms with Crippen molar-refractivity contribution in [3.8, 4) is 0 Å². The highest BCUT2D eigenvalue weighted by Gasteiger charge is 2.24. The lowest BCUT2D eigenvalue weighted by molar-refractivity contribution is 0.0459. The van der Waals surface area contributed by atoms with E-state index in [1.54, 1.807) is 0 Å². The van der Waals surface area contributed by atoms with Crippen LogP contribution in [0.3, 0.4) is 0 Å². The molecule has 4 nitrogen and oxygen atoms in total. The summed E-state index contributed by atoms with van der Waals surface area (Å²) in [5, 5.41) is 26.7. The Morgan fingerprint density at radius 1 is 1.42 bits per heavy atom. The van der Waals surface area contributed by atoms with Crippen LogP contribution in [0.4, 0.5) is 0 Å². The van der Waals surface area contributed by atoms with Crippen LogP contribution in [0.1, 0.15) is 12.8 Å². The Bertz CT molecular complexity index is 131. The molecule has 0 radical (unpaired) electrons. The molecule has 0 bridgehead atoms. The summed E-state index contributed by atoms with van der Waals surface area (Å²) in [6.45, 7) is 1.34. The van der Waals surface area contributed by atoms with Crippen molar-refractivity contribution in [2.75, 3.05) is 26.3 Å². The summed E-state index contributed by atoms with van der Waals surface area (Å²) in [5.74, 6) is 0. The first-order chi connectivity index (χ1) is 5.77. The Balaban J connectivity index is 2.30. The van der Waals surface area contributed by atoms with E-state index in [0.717, 1.165) is 19.4 Å². The molecule has 0 saturated carbocycles. The minimum absolute atomic E-state index is 0.151. The van der Waals surface area contributed by atoms with Crippen molar-refractivity contribution in [3.05, 3.63) is 0 Å². The molecule has 0 aliphatic carbocycles. The highest BCUT2D eigenvalue weighted by molar-refractivity contribution is 4.79. The van der Waals surface area contributed by atoms with Gasteiger partial charge in [0.2, 0.25) is 0 Å². The summed E-state index contributed by atoms with van der Waals surface area (Å²) in [4.78, 5) is 2.03. The third-order valence-corrected chi connectivity index (χ3v) is 2.37. The second-order valence-electron chi connectivity index (χ2n) is 3.31. The molecule has 1 aliphatic rings. The maximum Gasteiger partial charge on any atom is 0.0897 e. The molecule has 4 heteroatoms. The predicted molar refractivity (Wildman–Crippen MR) is 44.8 cm³/mol. The third kappa shape index (κ3) is 2.42. The van der Waals surface area contributed by atoms with Crippen LogP contribution in [0.2, 0.25) is 0 Å². The van der Waals surface area contributed by atoms with Gasteiger partial charge < -0.3 is 15.3 Å². The zero-order valence-corrected chi connectivity index (χ0v) is 7.19. The molecule has 1 heterocycles. The topological polar surface area (TPSA) is 63.9 Å². The average Bonchev–Trinajstić information content (AvgIpc) is 2.51. The molecule has 0 aromatic rings. The van der Waals surface area contributed by atoms with Crippen molar-refractivity contribution in [2.45, 2.75) is 25.0 Å². The van der Waals surface area contributed by atoms with E-state index in [1.807, 2.05) is 4.90 Å². The van der Waals surface area contributed by atoms with Crippen LogP contribution in [0, 0.1) is 0 Å². The van der Waals surface area contributed by atoms with E-state index in [4.69, 9.17) is 15.3 Å². The fourth-order valence-corrected chi connectivity index (χ4v) is 1.67. The smallest absolute Gasteiger partial charge is 0.0897 e. The van der Waals surface area contributed by atoms with E-state index in [2.05, 4.69) is 0 Å². The van der Waals surface area contributed by atoms with Crippen LogP contribution in [-0.2, 0) is 0 Å². The summed E-state index contributed by atoms with van der Waals surface area (Å²) in [6.07, 6.45) is 1.40. The molecule has 0 aromatic heterocycles. The van der Waals surface area contributed by atoms with Gasteiger partial charge in [0.15, 0.2) is 0 Å². The molecule has 1 rings (SSSR count). The van der Waals surface area contributed by atoms with Crippen LogP contribution in [0.15, 0.2) is 0 Å². The fourth-order valence-electron chi connectivity index (χ4n) is 1.67. The Morgan fingerprint density at radius 3 is 2.75 bits per heavy atom. The zero-order chi connectivity index (χ0) is 8.97. The highest BCUT2D eigenvalue weighted by Crippen LogP contribution is 2.16. The van der Waals surface area contributed by atoms with Gasteiger partial charge in [-0.1, -0.05) is 0 Å². The maximum atomic E-state index is 9.16. The first-order valence-corrected chi connectivity index (χ1v) is 4.41. The van der Waals surface area contributed by atoms with E-state index in [0.29, 0.717) is 6.54 Å². The minimum atomic E-state index is -0.669. The lowest BCUT2D eigenvalue weighted by Gasteiger charge is -2.24. The van der Waals surface area contributed by atoms with Crippen LogP contribution in [0.5, 0.6) is 0 Å². The predicted octanol–water partition coefficient (Wildman–Crippen LogP) is -1.20. The number of aliphatic hydroxyl groups is 3. The molecule has 2 unspecified atom stereocenters. The van der Waals surface area contributed by atoms with Crippen molar-refractivity contribution < 1.29 is 15.3 Å². The molecule has 0 spiro atoms. The molecule has 2 atom stereocenters. The van der Waals surface area contributed by atoms with Crippen molar-refractivity contribution in [3.63, 3.8) is 0 Å². The first kappa shape index (κ1) is 9.92. The van der Waals surface area contributed by atoms with Crippen LogP contribution < -0.4 is 0 Å².